The second-order valence-corrected chi connectivity index (χ2v) is 14.2. The van der Waals surface area contributed by atoms with Crippen LogP contribution in [0.25, 0.3) is 71.3 Å². The topological polar surface area (TPSA) is 8.17 Å². The van der Waals surface area contributed by atoms with Crippen molar-refractivity contribution in [3.8, 4) is 27.9 Å². The maximum Gasteiger partial charge on any atom is 0.0541 e. The molecule has 0 saturated carbocycles. The van der Waals surface area contributed by atoms with Crippen LogP contribution in [-0.4, -0.2) is 4.57 Å². The molecular weight excluding hydrogens is 653 g/mol. The number of nitrogens with zero attached hydrogens (tertiary/aromatic N) is 2. The molecule has 2 heteroatoms. The Labute approximate surface area is 315 Å². The van der Waals surface area contributed by atoms with Gasteiger partial charge in [0.25, 0.3) is 0 Å². The summed E-state index contributed by atoms with van der Waals surface area (Å²) in [7, 11) is 0. The number of aryl methyl sites for hydroxylation is 2. The fraction of sp³-hybridized carbons (Fsp3) is 0.0385. The monoisotopic (exact) mass is 690 g/mol. The van der Waals surface area contributed by atoms with Crippen LogP contribution < -0.4 is 4.90 Å². The van der Waals surface area contributed by atoms with Crippen molar-refractivity contribution in [2.75, 3.05) is 4.90 Å². The molecule has 0 fully saturated rings. The van der Waals surface area contributed by atoms with E-state index in [-0.39, 0.29) is 0 Å². The number of aromatic nitrogens is 1. The third-order valence-electron chi connectivity index (χ3n) is 11.2. The highest BCUT2D eigenvalue weighted by molar-refractivity contribution is 6.12. The van der Waals surface area contributed by atoms with Crippen LogP contribution in [0.5, 0.6) is 0 Å². The van der Waals surface area contributed by atoms with Gasteiger partial charge in [-0.1, -0.05) is 127 Å². The van der Waals surface area contributed by atoms with Gasteiger partial charge in [0.05, 0.1) is 11.0 Å². The van der Waals surface area contributed by atoms with Gasteiger partial charge in [0.2, 0.25) is 0 Å². The molecule has 10 aromatic rings. The van der Waals surface area contributed by atoms with Gasteiger partial charge in [-0.15, -0.1) is 0 Å². The minimum Gasteiger partial charge on any atom is -0.310 e. The normalized spacial score (nSPS) is 11.5. The second kappa shape index (κ2) is 12.9. The molecule has 0 aliphatic heterocycles. The Morgan fingerprint density at radius 1 is 0.315 bits per heavy atom. The Balaban J connectivity index is 1.09. The van der Waals surface area contributed by atoms with Gasteiger partial charge in [-0.3, -0.25) is 0 Å². The number of anilines is 3. The van der Waals surface area contributed by atoms with Crippen molar-refractivity contribution in [1.82, 2.24) is 4.57 Å². The molecule has 256 valence electrons. The quantitative estimate of drug-likeness (QED) is 0.158. The smallest absolute Gasteiger partial charge is 0.0541 e. The molecule has 0 N–H and O–H groups in total. The zero-order valence-electron chi connectivity index (χ0n) is 30.4. The lowest BCUT2D eigenvalue weighted by atomic mass is 9.92. The summed E-state index contributed by atoms with van der Waals surface area (Å²) in [5, 5.41) is 7.71. The van der Waals surface area contributed by atoms with Crippen molar-refractivity contribution in [3.05, 3.63) is 205 Å². The maximum atomic E-state index is 2.39. The fourth-order valence-electron chi connectivity index (χ4n) is 8.36. The van der Waals surface area contributed by atoms with Crippen LogP contribution in [0.2, 0.25) is 0 Å². The van der Waals surface area contributed by atoms with Crippen LogP contribution in [0.4, 0.5) is 17.1 Å². The van der Waals surface area contributed by atoms with E-state index in [4.69, 9.17) is 0 Å². The van der Waals surface area contributed by atoms with Crippen LogP contribution in [0.1, 0.15) is 11.1 Å². The van der Waals surface area contributed by atoms with Gasteiger partial charge in [0, 0.05) is 33.5 Å². The number of hydrogen-bond donors (Lipinski definition) is 0. The van der Waals surface area contributed by atoms with Gasteiger partial charge in [-0.2, -0.15) is 0 Å². The molecule has 0 aliphatic rings. The molecule has 0 amide bonds. The summed E-state index contributed by atoms with van der Waals surface area (Å²) in [6.45, 7) is 4.51. The second-order valence-electron chi connectivity index (χ2n) is 14.2. The third kappa shape index (κ3) is 5.26. The van der Waals surface area contributed by atoms with E-state index in [0.717, 1.165) is 17.1 Å². The zero-order chi connectivity index (χ0) is 36.2. The molecular formula is C52H38N2. The lowest BCUT2D eigenvalue weighted by molar-refractivity contribution is 1.18. The molecule has 0 bridgehead atoms. The molecule has 9 aromatic carbocycles. The molecule has 2 nitrogen and oxygen atoms in total. The molecule has 1 heterocycles. The highest BCUT2D eigenvalue weighted by Gasteiger charge is 2.17. The van der Waals surface area contributed by atoms with Gasteiger partial charge in [-0.05, 0) is 136 Å². The van der Waals surface area contributed by atoms with Crippen molar-refractivity contribution >= 4 is 60.4 Å². The average Bonchev–Trinajstić information content (AvgIpc) is 3.58. The van der Waals surface area contributed by atoms with Crippen molar-refractivity contribution in [2.24, 2.45) is 0 Å². The Morgan fingerprint density at radius 2 is 0.796 bits per heavy atom. The van der Waals surface area contributed by atoms with Crippen molar-refractivity contribution in [2.45, 2.75) is 13.8 Å². The van der Waals surface area contributed by atoms with E-state index >= 15 is 0 Å². The minimum atomic E-state index is 1.11. The average molecular weight is 691 g/mol. The van der Waals surface area contributed by atoms with Crippen LogP contribution in [0, 0.1) is 13.8 Å². The van der Waals surface area contributed by atoms with Gasteiger partial charge < -0.3 is 9.47 Å². The molecule has 0 saturated heterocycles. The zero-order valence-corrected chi connectivity index (χ0v) is 30.4. The third-order valence-corrected chi connectivity index (χ3v) is 11.2. The molecule has 0 radical (unpaired) electrons. The summed E-state index contributed by atoms with van der Waals surface area (Å²) < 4.78 is 2.37. The number of rotatable bonds is 6. The van der Waals surface area contributed by atoms with E-state index in [9.17, 15) is 0 Å². The first kappa shape index (κ1) is 31.8. The van der Waals surface area contributed by atoms with Crippen LogP contribution in [-0.2, 0) is 0 Å². The Bertz CT molecular complexity index is 2970. The summed E-state index contributed by atoms with van der Waals surface area (Å²) in [5.41, 5.74) is 14.4. The standard InChI is InChI=1S/C52H38N2/c1-35-36(2)49-34-44(30-31-47(49)46-18-10-9-17-45(35)46)53(42-26-21-38(22-27-42)37-13-5-3-6-14-37)43-28-23-39(24-29-43)40-25-32-52-50(33-40)48-19-11-12-20-51(48)54(52)41-15-7-4-8-16-41/h3-34H,1-2H3. The predicted molar refractivity (Wildman–Crippen MR) is 231 cm³/mol. The van der Waals surface area contributed by atoms with Crippen LogP contribution in [0.15, 0.2) is 194 Å². The summed E-state index contributed by atoms with van der Waals surface area (Å²) >= 11 is 0. The maximum absolute atomic E-state index is 2.39. The van der Waals surface area contributed by atoms with E-state index in [1.54, 1.807) is 0 Å². The lowest BCUT2D eigenvalue weighted by Gasteiger charge is -2.27. The number of fused-ring (bicyclic) bond motifs is 6. The fourth-order valence-corrected chi connectivity index (χ4v) is 8.36. The van der Waals surface area contributed by atoms with Crippen LogP contribution >= 0.6 is 0 Å². The first-order valence-electron chi connectivity index (χ1n) is 18.7. The van der Waals surface area contributed by atoms with Gasteiger partial charge in [0.15, 0.2) is 0 Å². The van der Waals surface area contributed by atoms with Gasteiger partial charge in [-0.25, -0.2) is 0 Å². The Morgan fingerprint density at radius 3 is 1.50 bits per heavy atom. The molecule has 0 atom stereocenters. The van der Waals surface area contributed by atoms with Gasteiger partial charge >= 0.3 is 0 Å². The summed E-state index contributed by atoms with van der Waals surface area (Å²) in [6, 6.07) is 70.6. The Kier molecular flexibility index (Phi) is 7.63. The van der Waals surface area contributed by atoms with E-state index in [1.165, 1.54) is 82.4 Å². The summed E-state index contributed by atoms with van der Waals surface area (Å²) in [5.74, 6) is 0. The summed E-state index contributed by atoms with van der Waals surface area (Å²) in [4.78, 5) is 2.39. The van der Waals surface area contributed by atoms with Crippen molar-refractivity contribution in [3.63, 3.8) is 0 Å². The Hall–Kier alpha value is -6.90. The predicted octanol–water partition coefficient (Wildman–Crippen LogP) is 14.5. The molecule has 10 rings (SSSR count). The first-order valence-corrected chi connectivity index (χ1v) is 18.7. The highest BCUT2D eigenvalue weighted by atomic mass is 15.1. The molecule has 0 unspecified atom stereocenters. The van der Waals surface area contributed by atoms with Crippen molar-refractivity contribution in [1.29, 1.82) is 0 Å². The number of benzene rings is 9. The SMILES string of the molecule is Cc1c(C)c2cc(N(c3ccc(-c4ccccc4)cc3)c3ccc(-c4ccc5c(c4)c4ccccc4n5-c4ccccc4)cc3)ccc2c2ccccc12. The van der Waals surface area contributed by atoms with E-state index in [1.807, 2.05) is 0 Å². The lowest BCUT2D eigenvalue weighted by Crippen LogP contribution is -2.10. The van der Waals surface area contributed by atoms with Crippen molar-refractivity contribution < 1.29 is 0 Å². The molecule has 0 spiro atoms. The van der Waals surface area contributed by atoms with Gasteiger partial charge in [0.1, 0.15) is 0 Å². The molecule has 1 aromatic heterocycles. The largest absolute Gasteiger partial charge is 0.310 e. The highest BCUT2D eigenvalue weighted by Crippen LogP contribution is 2.41. The first-order chi connectivity index (χ1) is 26.6. The van der Waals surface area contributed by atoms with E-state index in [0.29, 0.717) is 0 Å². The van der Waals surface area contributed by atoms with Crippen LogP contribution in [0.3, 0.4) is 0 Å². The molecule has 54 heavy (non-hydrogen) atoms. The number of hydrogen-bond acceptors (Lipinski definition) is 1. The minimum absolute atomic E-state index is 1.11. The van der Waals surface area contributed by atoms with E-state index in [2.05, 4.69) is 217 Å². The van der Waals surface area contributed by atoms with E-state index < -0.39 is 0 Å². The molecule has 0 aliphatic carbocycles. The number of para-hydroxylation sites is 2. The summed E-state index contributed by atoms with van der Waals surface area (Å²) in [6.07, 6.45) is 0.